The van der Waals surface area contributed by atoms with Crippen molar-refractivity contribution in [1.29, 1.82) is 0 Å². The van der Waals surface area contributed by atoms with Crippen LogP contribution in [0.2, 0.25) is 5.02 Å². The Bertz CT molecular complexity index is 1020. The predicted molar refractivity (Wildman–Crippen MR) is 114 cm³/mol. The molecule has 1 heterocycles. The van der Waals surface area contributed by atoms with Gasteiger partial charge in [-0.15, -0.1) is 0 Å². The van der Waals surface area contributed by atoms with Gasteiger partial charge in [-0.25, -0.2) is 0 Å². The molecule has 2 amide bonds. The number of benzene rings is 2. The van der Waals surface area contributed by atoms with E-state index < -0.39 is 28.9 Å². The monoisotopic (exact) mass is 431 g/mol. The SMILES string of the molecule is Cc1ccc(NC(=O)C(C)N2C(=O)C(C(C)C)Oc3ccc([N+](=O)[O-])cc32)cc1Cl. The molecule has 0 saturated heterocycles. The van der Waals surface area contributed by atoms with Gasteiger partial charge in [-0.3, -0.25) is 24.6 Å². The van der Waals surface area contributed by atoms with Crippen molar-refractivity contribution < 1.29 is 19.2 Å². The molecule has 0 fully saturated rings. The smallest absolute Gasteiger partial charge is 0.271 e. The maximum Gasteiger partial charge on any atom is 0.271 e. The Morgan fingerprint density at radius 2 is 1.93 bits per heavy atom. The minimum Gasteiger partial charge on any atom is -0.478 e. The van der Waals surface area contributed by atoms with E-state index in [1.807, 2.05) is 20.8 Å². The predicted octanol–water partition coefficient (Wildman–Crippen LogP) is 4.33. The fourth-order valence-electron chi connectivity index (χ4n) is 3.21. The van der Waals surface area contributed by atoms with E-state index in [9.17, 15) is 19.7 Å². The maximum atomic E-state index is 13.1. The Balaban J connectivity index is 1.97. The molecule has 9 heteroatoms. The largest absolute Gasteiger partial charge is 0.478 e. The number of ether oxygens (including phenoxy) is 1. The number of aryl methyl sites for hydroxylation is 1. The van der Waals surface area contributed by atoms with Crippen molar-refractivity contribution in [1.82, 2.24) is 0 Å². The summed E-state index contributed by atoms with van der Waals surface area (Å²) in [6, 6.07) is 8.17. The molecule has 0 radical (unpaired) electrons. The Morgan fingerprint density at radius 3 is 2.53 bits per heavy atom. The molecule has 1 aliphatic rings. The number of non-ortho nitro benzene ring substituents is 1. The molecule has 2 aromatic carbocycles. The van der Waals surface area contributed by atoms with E-state index >= 15 is 0 Å². The number of nitrogens with one attached hydrogen (secondary N) is 1. The molecular formula is C21H22ClN3O5. The summed E-state index contributed by atoms with van der Waals surface area (Å²) in [7, 11) is 0. The standard InChI is InChI=1S/C21H22ClN3O5/c1-11(2)19-21(27)24(17-10-15(25(28)29)7-8-18(17)30-19)13(4)20(26)23-14-6-5-12(3)16(22)9-14/h5-11,13,19H,1-4H3,(H,23,26). The number of amides is 2. The second-order valence-electron chi connectivity index (χ2n) is 7.53. The van der Waals surface area contributed by atoms with Crippen molar-refractivity contribution in [3.63, 3.8) is 0 Å². The summed E-state index contributed by atoms with van der Waals surface area (Å²) in [4.78, 5) is 38.0. The van der Waals surface area contributed by atoms with Crippen molar-refractivity contribution in [2.24, 2.45) is 5.92 Å². The van der Waals surface area contributed by atoms with E-state index in [-0.39, 0.29) is 17.3 Å². The molecule has 0 bridgehead atoms. The van der Waals surface area contributed by atoms with Crippen molar-refractivity contribution >= 4 is 40.5 Å². The number of nitrogens with zero attached hydrogens (tertiary/aromatic N) is 2. The molecule has 8 nitrogen and oxygen atoms in total. The highest BCUT2D eigenvalue weighted by molar-refractivity contribution is 6.31. The molecular weight excluding hydrogens is 410 g/mol. The van der Waals surface area contributed by atoms with E-state index in [0.717, 1.165) is 5.56 Å². The molecule has 158 valence electrons. The van der Waals surface area contributed by atoms with Gasteiger partial charge in [-0.05, 0) is 43.5 Å². The van der Waals surface area contributed by atoms with Crippen LogP contribution >= 0.6 is 11.6 Å². The van der Waals surface area contributed by atoms with Crippen LogP contribution in [0.25, 0.3) is 0 Å². The summed E-state index contributed by atoms with van der Waals surface area (Å²) >= 11 is 6.12. The van der Waals surface area contributed by atoms with Crippen LogP contribution in [0.4, 0.5) is 17.1 Å². The Kier molecular flexibility index (Phi) is 5.98. The summed E-state index contributed by atoms with van der Waals surface area (Å²) in [6.45, 7) is 7.07. The van der Waals surface area contributed by atoms with Crippen molar-refractivity contribution in [2.45, 2.75) is 39.8 Å². The van der Waals surface area contributed by atoms with Gasteiger partial charge in [0, 0.05) is 22.8 Å². The molecule has 1 N–H and O–H groups in total. The zero-order valence-electron chi connectivity index (χ0n) is 17.0. The van der Waals surface area contributed by atoms with Crippen molar-refractivity contribution in [3.05, 3.63) is 57.1 Å². The van der Waals surface area contributed by atoms with Gasteiger partial charge in [-0.1, -0.05) is 31.5 Å². The van der Waals surface area contributed by atoms with Crippen LogP contribution in [0.1, 0.15) is 26.3 Å². The number of hydrogen-bond acceptors (Lipinski definition) is 5. The number of carbonyl (C=O) groups is 2. The Hall–Kier alpha value is -3.13. The van der Waals surface area contributed by atoms with Gasteiger partial charge in [0.1, 0.15) is 11.8 Å². The molecule has 3 rings (SSSR count). The van der Waals surface area contributed by atoms with Crippen LogP contribution in [-0.2, 0) is 9.59 Å². The number of carbonyl (C=O) groups excluding carboxylic acids is 2. The molecule has 0 spiro atoms. The van der Waals surface area contributed by atoms with Gasteiger partial charge < -0.3 is 10.1 Å². The van der Waals surface area contributed by atoms with E-state index in [2.05, 4.69) is 5.32 Å². The lowest BCUT2D eigenvalue weighted by Crippen LogP contribution is -2.55. The highest BCUT2D eigenvalue weighted by Crippen LogP contribution is 2.39. The fraction of sp³-hybridized carbons (Fsp3) is 0.333. The first kappa shape index (κ1) is 21.6. The van der Waals surface area contributed by atoms with Gasteiger partial charge in [0.15, 0.2) is 6.10 Å². The first-order chi connectivity index (χ1) is 14.1. The van der Waals surface area contributed by atoms with E-state index in [1.165, 1.54) is 23.1 Å². The summed E-state index contributed by atoms with van der Waals surface area (Å²) in [6.07, 6.45) is -0.803. The minimum atomic E-state index is -0.941. The number of fused-ring (bicyclic) bond motifs is 1. The van der Waals surface area contributed by atoms with Crippen molar-refractivity contribution in [3.8, 4) is 5.75 Å². The van der Waals surface area contributed by atoms with E-state index in [0.29, 0.717) is 16.5 Å². The van der Waals surface area contributed by atoms with Gasteiger partial charge in [0.25, 0.3) is 11.6 Å². The van der Waals surface area contributed by atoms with Crippen LogP contribution in [0.15, 0.2) is 36.4 Å². The molecule has 0 aromatic heterocycles. The van der Waals surface area contributed by atoms with Crippen LogP contribution in [0.3, 0.4) is 0 Å². The topological polar surface area (TPSA) is 102 Å². The van der Waals surface area contributed by atoms with E-state index in [1.54, 1.807) is 25.1 Å². The summed E-state index contributed by atoms with van der Waals surface area (Å²) in [5, 5.41) is 14.5. The number of rotatable bonds is 5. The molecule has 0 aliphatic carbocycles. The van der Waals surface area contributed by atoms with Gasteiger partial charge in [-0.2, -0.15) is 0 Å². The van der Waals surface area contributed by atoms with Gasteiger partial charge >= 0.3 is 0 Å². The lowest BCUT2D eigenvalue weighted by Gasteiger charge is -2.38. The third kappa shape index (κ3) is 4.09. The minimum absolute atomic E-state index is 0.158. The molecule has 2 unspecified atom stereocenters. The number of halogens is 1. The first-order valence-electron chi connectivity index (χ1n) is 9.45. The highest BCUT2D eigenvalue weighted by Gasteiger charge is 2.41. The average Bonchev–Trinajstić information content (AvgIpc) is 2.69. The lowest BCUT2D eigenvalue weighted by atomic mass is 10.0. The van der Waals surface area contributed by atoms with Crippen LogP contribution in [0, 0.1) is 23.0 Å². The maximum absolute atomic E-state index is 13.1. The molecule has 2 aromatic rings. The fourth-order valence-corrected chi connectivity index (χ4v) is 3.39. The second-order valence-corrected chi connectivity index (χ2v) is 7.94. The summed E-state index contributed by atoms with van der Waals surface area (Å²) in [5.41, 5.74) is 1.35. The number of hydrogen-bond donors (Lipinski definition) is 1. The summed E-state index contributed by atoms with van der Waals surface area (Å²) in [5.74, 6) is -0.723. The van der Waals surface area contributed by atoms with Crippen molar-refractivity contribution in [2.75, 3.05) is 10.2 Å². The Morgan fingerprint density at radius 1 is 1.23 bits per heavy atom. The lowest BCUT2D eigenvalue weighted by molar-refractivity contribution is -0.384. The zero-order chi connectivity index (χ0) is 22.2. The molecule has 0 saturated carbocycles. The normalized spacial score (nSPS) is 16.7. The highest BCUT2D eigenvalue weighted by atomic mass is 35.5. The molecule has 2 atom stereocenters. The van der Waals surface area contributed by atoms with Crippen LogP contribution < -0.4 is 15.0 Å². The van der Waals surface area contributed by atoms with Crippen LogP contribution in [-0.4, -0.2) is 28.9 Å². The number of anilines is 2. The third-order valence-electron chi connectivity index (χ3n) is 4.96. The summed E-state index contributed by atoms with van der Waals surface area (Å²) < 4.78 is 5.78. The third-order valence-corrected chi connectivity index (χ3v) is 5.37. The number of nitro groups is 1. The number of nitro benzene ring substituents is 1. The molecule has 1 aliphatic heterocycles. The van der Waals surface area contributed by atoms with E-state index in [4.69, 9.17) is 16.3 Å². The average molecular weight is 432 g/mol. The van der Waals surface area contributed by atoms with Gasteiger partial charge in [0.2, 0.25) is 5.91 Å². The zero-order valence-corrected chi connectivity index (χ0v) is 17.8. The first-order valence-corrected chi connectivity index (χ1v) is 9.83. The quantitative estimate of drug-likeness (QED) is 0.560. The second kappa shape index (κ2) is 8.31. The Labute approximate surface area is 178 Å². The van der Waals surface area contributed by atoms with Gasteiger partial charge in [0.05, 0.1) is 10.6 Å². The van der Waals surface area contributed by atoms with Crippen LogP contribution in [0.5, 0.6) is 5.75 Å². The molecule has 30 heavy (non-hydrogen) atoms.